The Bertz CT molecular complexity index is 89.3. The fourth-order valence-corrected chi connectivity index (χ4v) is 0.970. The zero-order valence-electron chi connectivity index (χ0n) is 7.78. The Hall–Kier alpha value is -0.0800. The number of nitrogens with one attached hydrogen (secondary N) is 2. The zero-order chi connectivity index (χ0) is 8.20. The van der Waals surface area contributed by atoms with E-state index in [4.69, 9.17) is 0 Å². The van der Waals surface area contributed by atoms with Gasteiger partial charge in [-0.2, -0.15) is 0 Å². The van der Waals surface area contributed by atoms with E-state index in [0.29, 0.717) is 6.04 Å². The first kappa shape index (κ1) is 9.92. The first-order valence-corrected chi connectivity index (χ1v) is 3.88. The normalized spacial score (nSPS) is 15.3. The van der Waals surface area contributed by atoms with Gasteiger partial charge in [0, 0.05) is 11.6 Å². The molecule has 0 aliphatic heterocycles. The Morgan fingerprint density at radius 3 is 2.10 bits per heavy atom. The Kier molecular flexibility index (Phi) is 3.91. The van der Waals surface area contributed by atoms with Crippen molar-refractivity contribution >= 4 is 0 Å². The van der Waals surface area contributed by atoms with Crippen molar-refractivity contribution in [2.75, 3.05) is 14.1 Å². The highest BCUT2D eigenvalue weighted by Crippen LogP contribution is 2.09. The third-order valence-corrected chi connectivity index (χ3v) is 1.99. The molecule has 0 unspecified atom stereocenters. The van der Waals surface area contributed by atoms with Crippen molar-refractivity contribution in [1.29, 1.82) is 0 Å². The maximum atomic E-state index is 3.27. The topological polar surface area (TPSA) is 24.1 Å². The standard InChI is InChI=1S/C8H20N2/c1-7(9-4)6-8(2,3)10-5/h7,9-10H,6H2,1-5H3/t7-/m1/s1. The third kappa shape index (κ3) is 3.85. The molecule has 0 heterocycles. The van der Waals surface area contributed by atoms with E-state index in [1.165, 1.54) is 0 Å². The quantitative estimate of drug-likeness (QED) is 0.614. The summed E-state index contributed by atoms with van der Waals surface area (Å²) in [6.45, 7) is 6.61. The molecule has 0 aliphatic rings. The molecular formula is C8H20N2. The second-order valence-corrected chi connectivity index (χ2v) is 3.53. The van der Waals surface area contributed by atoms with Gasteiger partial charge in [-0.1, -0.05) is 0 Å². The van der Waals surface area contributed by atoms with Gasteiger partial charge in [-0.3, -0.25) is 0 Å². The molecule has 2 N–H and O–H groups in total. The van der Waals surface area contributed by atoms with Crippen LogP contribution in [0.3, 0.4) is 0 Å². The van der Waals surface area contributed by atoms with Gasteiger partial charge in [-0.05, 0) is 41.3 Å². The third-order valence-electron chi connectivity index (χ3n) is 1.99. The Balaban J connectivity index is 3.64. The van der Waals surface area contributed by atoms with Crippen LogP contribution in [-0.2, 0) is 0 Å². The minimum absolute atomic E-state index is 0.252. The number of hydrogen-bond donors (Lipinski definition) is 2. The zero-order valence-corrected chi connectivity index (χ0v) is 7.78. The molecule has 2 nitrogen and oxygen atoms in total. The van der Waals surface area contributed by atoms with Crippen molar-refractivity contribution in [3.8, 4) is 0 Å². The van der Waals surface area contributed by atoms with Crippen LogP contribution in [0, 0.1) is 0 Å². The summed E-state index contributed by atoms with van der Waals surface area (Å²) in [5, 5.41) is 6.48. The molecule has 62 valence electrons. The van der Waals surface area contributed by atoms with E-state index in [9.17, 15) is 0 Å². The summed E-state index contributed by atoms with van der Waals surface area (Å²) >= 11 is 0. The van der Waals surface area contributed by atoms with E-state index in [2.05, 4.69) is 31.4 Å². The van der Waals surface area contributed by atoms with E-state index >= 15 is 0 Å². The molecule has 0 fully saturated rings. The summed E-state index contributed by atoms with van der Waals surface area (Å²) < 4.78 is 0. The molecular weight excluding hydrogens is 124 g/mol. The van der Waals surface area contributed by atoms with E-state index in [-0.39, 0.29) is 5.54 Å². The molecule has 1 atom stereocenters. The largest absolute Gasteiger partial charge is 0.317 e. The molecule has 0 aromatic carbocycles. The second kappa shape index (κ2) is 3.94. The highest BCUT2D eigenvalue weighted by molar-refractivity contribution is 4.79. The molecule has 0 saturated carbocycles. The van der Waals surface area contributed by atoms with Crippen LogP contribution in [-0.4, -0.2) is 25.7 Å². The summed E-state index contributed by atoms with van der Waals surface area (Å²) in [6, 6.07) is 0.586. The predicted octanol–water partition coefficient (Wildman–Crippen LogP) is 0.982. The first-order chi connectivity index (χ1) is 4.52. The maximum absolute atomic E-state index is 3.27. The van der Waals surface area contributed by atoms with Crippen LogP contribution in [0.25, 0.3) is 0 Å². The summed E-state index contributed by atoms with van der Waals surface area (Å²) in [5.74, 6) is 0. The summed E-state index contributed by atoms with van der Waals surface area (Å²) in [7, 11) is 4.00. The lowest BCUT2D eigenvalue weighted by molar-refractivity contribution is 0.347. The van der Waals surface area contributed by atoms with Gasteiger partial charge >= 0.3 is 0 Å². The Morgan fingerprint density at radius 1 is 1.30 bits per heavy atom. The van der Waals surface area contributed by atoms with Crippen molar-refractivity contribution in [2.45, 2.75) is 38.8 Å². The second-order valence-electron chi connectivity index (χ2n) is 3.53. The van der Waals surface area contributed by atoms with Gasteiger partial charge in [-0.15, -0.1) is 0 Å². The lowest BCUT2D eigenvalue weighted by Gasteiger charge is -2.27. The van der Waals surface area contributed by atoms with Crippen LogP contribution < -0.4 is 10.6 Å². The van der Waals surface area contributed by atoms with Gasteiger partial charge < -0.3 is 10.6 Å². The van der Waals surface area contributed by atoms with Crippen molar-refractivity contribution in [2.24, 2.45) is 0 Å². The molecule has 2 heteroatoms. The minimum atomic E-state index is 0.252. The Morgan fingerprint density at radius 2 is 1.80 bits per heavy atom. The van der Waals surface area contributed by atoms with Crippen LogP contribution in [0.4, 0.5) is 0 Å². The van der Waals surface area contributed by atoms with Crippen molar-refractivity contribution in [1.82, 2.24) is 10.6 Å². The van der Waals surface area contributed by atoms with Gasteiger partial charge in [0.2, 0.25) is 0 Å². The van der Waals surface area contributed by atoms with Crippen LogP contribution in [0.5, 0.6) is 0 Å². The summed E-state index contributed by atoms with van der Waals surface area (Å²) in [6.07, 6.45) is 1.15. The lowest BCUT2D eigenvalue weighted by atomic mass is 9.96. The van der Waals surface area contributed by atoms with E-state index in [0.717, 1.165) is 6.42 Å². The number of rotatable bonds is 4. The summed E-state index contributed by atoms with van der Waals surface area (Å²) in [5.41, 5.74) is 0.252. The lowest BCUT2D eigenvalue weighted by Crippen LogP contribution is -2.41. The average molecular weight is 144 g/mol. The van der Waals surface area contributed by atoms with E-state index in [1.54, 1.807) is 0 Å². The van der Waals surface area contributed by atoms with Crippen LogP contribution in [0.1, 0.15) is 27.2 Å². The monoisotopic (exact) mass is 144 g/mol. The fraction of sp³-hybridized carbons (Fsp3) is 1.00. The molecule has 10 heavy (non-hydrogen) atoms. The molecule has 0 saturated heterocycles. The number of hydrogen-bond acceptors (Lipinski definition) is 2. The minimum Gasteiger partial charge on any atom is -0.317 e. The van der Waals surface area contributed by atoms with Crippen molar-refractivity contribution in [3.05, 3.63) is 0 Å². The van der Waals surface area contributed by atoms with Crippen LogP contribution in [0.2, 0.25) is 0 Å². The molecule has 0 radical (unpaired) electrons. The molecule has 0 spiro atoms. The molecule has 0 aromatic rings. The van der Waals surface area contributed by atoms with Gasteiger partial charge in [0.1, 0.15) is 0 Å². The maximum Gasteiger partial charge on any atom is 0.0136 e. The van der Waals surface area contributed by atoms with E-state index < -0.39 is 0 Å². The molecule has 0 aliphatic carbocycles. The van der Waals surface area contributed by atoms with Gasteiger partial charge in [0.25, 0.3) is 0 Å². The molecule has 0 aromatic heterocycles. The van der Waals surface area contributed by atoms with E-state index in [1.807, 2.05) is 14.1 Å². The van der Waals surface area contributed by atoms with Crippen LogP contribution in [0.15, 0.2) is 0 Å². The van der Waals surface area contributed by atoms with Gasteiger partial charge in [-0.25, -0.2) is 0 Å². The Labute approximate surface area is 64.4 Å². The average Bonchev–Trinajstić information content (AvgIpc) is 1.87. The smallest absolute Gasteiger partial charge is 0.0136 e. The molecule has 0 bridgehead atoms. The van der Waals surface area contributed by atoms with Crippen molar-refractivity contribution < 1.29 is 0 Å². The molecule has 0 amide bonds. The van der Waals surface area contributed by atoms with Gasteiger partial charge in [0.05, 0.1) is 0 Å². The highest BCUT2D eigenvalue weighted by atomic mass is 14.9. The SMILES string of the molecule is CN[C@H](C)CC(C)(C)NC. The van der Waals surface area contributed by atoms with Gasteiger partial charge in [0.15, 0.2) is 0 Å². The summed E-state index contributed by atoms with van der Waals surface area (Å²) in [4.78, 5) is 0. The fourth-order valence-electron chi connectivity index (χ4n) is 0.970. The van der Waals surface area contributed by atoms with Crippen molar-refractivity contribution in [3.63, 3.8) is 0 Å². The van der Waals surface area contributed by atoms with Crippen LogP contribution >= 0.6 is 0 Å². The first-order valence-electron chi connectivity index (χ1n) is 3.88. The molecule has 0 rings (SSSR count). The highest BCUT2D eigenvalue weighted by Gasteiger charge is 2.16. The predicted molar refractivity (Wildman–Crippen MR) is 46.3 cm³/mol.